The van der Waals surface area contributed by atoms with Crippen LogP contribution in [0.1, 0.15) is 28.7 Å². The van der Waals surface area contributed by atoms with Gasteiger partial charge in [-0.3, -0.25) is 4.79 Å². The van der Waals surface area contributed by atoms with Crippen molar-refractivity contribution in [2.45, 2.75) is 12.0 Å². The van der Waals surface area contributed by atoms with E-state index in [9.17, 15) is 15.0 Å². The fourth-order valence-electron chi connectivity index (χ4n) is 4.86. The molecule has 4 atom stereocenters. The lowest BCUT2D eigenvalue weighted by molar-refractivity contribution is -0.124. The summed E-state index contributed by atoms with van der Waals surface area (Å²) >= 11 is 0. The second kappa shape index (κ2) is 6.45. The number of ether oxygens (including phenoxy) is 3. The van der Waals surface area contributed by atoms with Crippen LogP contribution in [0.3, 0.4) is 0 Å². The molecule has 1 fully saturated rings. The molecule has 2 aromatic rings. The lowest BCUT2D eigenvalue weighted by Gasteiger charge is -2.38. The van der Waals surface area contributed by atoms with Crippen LogP contribution in [0.15, 0.2) is 24.3 Å². The third kappa shape index (κ3) is 2.52. The van der Waals surface area contributed by atoms with Gasteiger partial charge in [-0.25, -0.2) is 0 Å². The quantitative estimate of drug-likeness (QED) is 0.623. The fourth-order valence-corrected chi connectivity index (χ4v) is 4.86. The molecule has 2 heterocycles. The molecule has 29 heavy (non-hydrogen) atoms. The van der Waals surface area contributed by atoms with Gasteiger partial charge in [0.2, 0.25) is 11.7 Å². The van der Waals surface area contributed by atoms with Crippen LogP contribution in [0.4, 0.5) is 5.69 Å². The van der Waals surface area contributed by atoms with Crippen LogP contribution in [-0.2, 0) is 4.79 Å². The number of anilines is 1. The predicted octanol–water partition coefficient (Wildman–Crippen LogP) is 1.71. The number of hydrogen-bond acceptors (Lipinski definition) is 7. The highest BCUT2D eigenvalue weighted by Crippen LogP contribution is 2.54. The van der Waals surface area contributed by atoms with Crippen LogP contribution in [0, 0.1) is 11.8 Å². The highest BCUT2D eigenvalue weighted by atomic mass is 16.5. The topological polar surface area (TPSA) is 109 Å². The Morgan fingerprint density at radius 3 is 2.48 bits per heavy atom. The van der Waals surface area contributed by atoms with E-state index in [1.165, 1.54) is 14.2 Å². The largest absolute Gasteiger partial charge is 0.502 e. The SMILES string of the molecule is COc1cc([C@@H]2c3cc4c(cc3[C@@H](O)[C@H]3CNC(=O)[C@H]23)OCN4)cc(OC)c1O. The van der Waals surface area contributed by atoms with Gasteiger partial charge in [-0.05, 0) is 41.0 Å². The summed E-state index contributed by atoms with van der Waals surface area (Å²) in [7, 11) is 2.94. The van der Waals surface area contributed by atoms with Gasteiger partial charge in [0, 0.05) is 18.4 Å². The predicted molar refractivity (Wildman–Crippen MR) is 104 cm³/mol. The molecule has 0 aromatic heterocycles. The van der Waals surface area contributed by atoms with Crippen molar-refractivity contribution < 1.29 is 29.2 Å². The number of hydrogen-bond donors (Lipinski definition) is 4. The fraction of sp³-hybridized carbons (Fsp3) is 0.381. The summed E-state index contributed by atoms with van der Waals surface area (Å²) in [5.41, 5.74) is 3.20. The Kier molecular flexibility index (Phi) is 3.99. The van der Waals surface area contributed by atoms with Gasteiger partial charge in [0.05, 0.1) is 31.9 Å². The van der Waals surface area contributed by atoms with Crippen LogP contribution < -0.4 is 24.8 Å². The van der Waals surface area contributed by atoms with Crippen molar-refractivity contribution >= 4 is 11.6 Å². The number of benzene rings is 2. The van der Waals surface area contributed by atoms with Crippen molar-refractivity contribution in [3.8, 4) is 23.0 Å². The third-order valence-electron chi connectivity index (χ3n) is 6.23. The minimum Gasteiger partial charge on any atom is -0.502 e. The number of fused-ring (bicyclic) bond motifs is 3. The van der Waals surface area contributed by atoms with Gasteiger partial charge in [0.15, 0.2) is 18.2 Å². The average Bonchev–Trinajstić information content (AvgIpc) is 3.34. The number of carbonyl (C=O) groups is 1. The lowest BCUT2D eigenvalue weighted by Crippen LogP contribution is -2.35. The van der Waals surface area contributed by atoms with Crippen molar-refractivity contribution in [2.75, 3.05) is 32.8 Å². The van der Waals surface area contributed by atoms with Gasteiger partial charge < -0.3 is 35.1 Å². The Labute approximate surface area is 167 Å². The van der Waals surface area contributed by atoms with Gasteiger partial charge in [-0.15, -0.1) is 0 Å². The number of phenols is 1. The molecular weight excluding hydrogens is 376 g/mol. The second-order valence-corrected chi connectivity index (χ2v) is 7.57. The Morgan fingerprint density at radius 2 is 1.79 bits per heavy atom. The Morgan fingerprint density at radius 1 is 1.07 bits per heavy atom. The highest BCUT2D eigenvalue weighted by Gasteiger charge is 2.50. The summed E-state index contributed by atoms with van der Waals surface area (Å²) in [6, 6.07) is 7.25. The molecule has 1 saturated heterocycles. The van der Waals surface area contributed by atoms with E-state index in [0.29, 0.717) is 19.0 Å². The zero-order chi connectivity index (χ0) is 20.3. The average molecular weight is 398 g/mol. The molecule has 0 radical (unpaired) electrons. The molecule has 0 unspecified atom stereocenters. The van der Waals surface area contributed by atoms with Crippen molar-refractivity contribution in [3.63, 3.8) is 0 Å². The first kappa shape index (κ1) is 17.9. The molecule has 0 spiro atoms. The van der Waals surface area contributed by atoms with E-state index >= 15 is 0 Å². The van der Waals surface area contributed by atoms with Crippen molar-refractivity contribution in [1.29, 1.82) is 0 Å². The standard InChI is InChI=1S/C21H22N2O6/c1-27-15-3-9(4-16(28-2)20(15)25)17-10-5-13-14(29-8-23-13)6-11(10)19(24)12-7-22-21(26)18(12)17/h3-6,12,17-19,23-25H,7-8H2,1-2H3,(H,22,26)/t12-,17+,18-,19+/m0/s1. The number of carbonyl (C=O) groups excluding carboxylic acids is 1. The normalized spacial score (nSPS) is 26.5. The van der Waals surface area contributed by atoms with Crippen LogP contribution in [0.25, 0.3) is 0 Å². The van der Waals surface area contributed by atoms with Crippen LogP contribution in [-0.4, -0.2) is 43.6 Å². The molecule has 1 aliphatic carbocycles. The first-order valence-corrected chi connectivity index (χ1v) is 9.48. The molecule has 5 rings (SSSR count). The molecule has 2 aliphatic heterocycles. The number of methoxy groups -OCH3 is 2. The monoisotopic (exact) mass is 398 g/mol. The molecule has 1 amide bonds. The maximum atomic E-state index is 12.8. The molecule has 4 N–H and O–H groups in total. The van der Waals surface area contributed by atoms with E-state index in [4.69, 9.17) is 14.2 Å². The molecule has 8 nitrogen and oxygen atoms in total. The van der Waals surface area contributed by atoms with Crippen LogP contribution >= 0.6 is 0 Å². The van der Waals surface area contributed by atoms with Gasteiger partial charge in [0.25, 0.3) is 0 Å². The summed E-state index contributed by atoms with van der Waals surface area (Å²) in [6.45, 7) is 0.774. The molecular formula is C21H22N2O6. The summed E-state index contributed by atoms with van der Waals surface area (Å²) in [4.78, 5) is 12.8. The number of aliphatic hydroxyl groups is 1. The van der Waals surface area contributed by atoms with Gasteiger partial charge in [-0.1, -0.05) is 0 Å². The number of aromatic hydroxyl groups is 1. The van der Waals surface area contributed by atoms with Crippen molar-refractivity contribution in [3.05, 3.63) is 41.0 Å². The molecule has 0 saturated carbocycles. The second-order valence-electron chi connectivity index (χ2n) is 7.57. The molecule has 8 heteroatoms. The van der Waals surface area contributed by atoms with Crippen molar-refractivity contribution in [1.82, 2.24) is 5.32 Å². The van der Waals surface area contributed by atoms with E-state index in [-0.39, 0.29) is 35.0 Å². The Hall–Kier alpha value is -3.13. The maximum absolute atomic E-state index is 12.8. The zero-order valence-electron chi connectivity index (χ0n) is 16.1. The van der Waals surface area contributed by atoms with E-state index in [2.05, 4.69) is 10.6 Å². The van der Waals surface area contributed by atoms with E-state index < -0.39 is 12.0 Å². The van der Waals surface area contributed by atoms with Crippen molar-refractivity contribution in [2.24, 2.45) is 11.8 Å². The molecule has 2 aromatic carbocycles. The number of aliphatic hydroxyl groups excluding tert-OH is 1. The Balaban J connectivity index is 1.75. The molecule has 152 valence electrons. The summed E-state index contributed by atoms with van der Waals surface area (Å²) in [5.74, 6) is -0.00829. The van der Waals surface area contributed by atoms with Crippen LogP contribution in [0.5, 0.6) is 23.0 Å². The molecule has 3 aliphatic rings. The number of rotatable bonds is 3. The lowest BCUT2D eigenvalue weighted by atomic mass is 9.66. The number of phenolic OH excluding ortho intramolecular Hbond substituents is 1. The summed E-state index contributed by atoms with van der Waals surface area (Å²) in [5, 5.41) is 27.4. The highest BCUT2D eigenvalue weighted by molar-refractivity contribution is 5.84. The Bertz CT molecular complexity index is 982. The van der Waals surface area contributed by atoms with Gasteiger partial charge in [-0.2, -0.15) is 0 Å². The van der Waals surface area contributed by atoms with E-state index in [0.717, 1.165) is 22.4 Å². The third-order valence-corrected chi connectivity index (χ3v) is 6.23. The molecule has 0 bridgehead atoms. The zero-order valence-corrected chi connectivity index (χ0v) is 16.1. The minimum atomic E-state index is -0.777. The van der Waals surface area contributed by atoms with Gasteiger partial charge >= 0.3 is 0 Å². The van der Waals surface area contributed by atoms with Gasteiger partial charge in [0.1, 0.15) is 5.75 Å². The minimum absolute atomic E-state index is 0.0914. The van der Waals surface area contributed by atoms with E-state index in [1.54, 1.807) is 12.1 Å². The smallest absolute Gasteiger partial charge is 0.224 e. The first-order chi connectivity index (χ1) is 14.0. The maximum Gasteiger partial charge on any atom is 0.224 e. The first-order valence-electron chi connectivity index (χ1n) is 9.48. The van der Waals surface area contributed by atoms with E-state index in [1.807, 2.05) is 12.1 Å². The number of amides is 1. The summed E-state index contributed by atoms with van der Waals surface area (Å²) in [6.07, 6.45) is -0.777. The number of nitrogens with one attached hydrogen (secondary N) is 2. The summed E-state index contributed by atoms with van der Waals surface area (Å²) < 4.78 is 16.3. The van der Waals surface area contributed by atoms with Crippen LogP contribution in [0.2, 0.25) is 0 Å².